The van der Waals surface area contributed by atoms with E-state index in [0.717, 1.165) is 11.3 Å². The second-order valence-corrected chi connectivity index (χ2v) is 13.0. The first-order valence-corrected chi connectivity index (χ1v) is 11.2. The van der Waals surface area contributed by atoms with Gasteiger partial charge in [0, 0.05) is 17.8 Å². The summed E-state index contributed by atoms with van der Waals surface area (Å²) in [5, 5.41) is 0. The highest BCUT2D eigenvalue weighted by Crippen LogP contribution is 2.40. The number of rotatable bonds is 4. The first-order chi connectivity index (χ1) is 11.8. The maximum absolute atomic E-state index is 5.67. The van der Waals surface area contributed by atoms with Crippen LogP contribution in [0.3, 0.4) is 0 Å². The van der Waals surface area contributed by atoms with Crippen molar-refractivity contribution in [1.29, 1.82) is 0 Å². The number of hydrogen-bond acceptors (Lipinski definition) is 1. The standard InChI is InChI=1S/C22H28N2Si/c1-8-22-23-21(20-12-10-9-11-13-20)16-24(22)14-15-25(17(2)3,18(4)5)19(6)7/h1,9-13,16-19H,2-7H3. The van der Waals surface area contributed by atoms with Crippen LogP contribution in [0, 0.1) is 23.9 Å². The van der Waals surface area contributed by atoms with Gasteiger partial charge in [0.2, 0.25) is 0 Å². The zero-order chi connectivity index (χ0) is 18.6. The molecule has 2 rings (SSSR count). The lowest BCUT2D eigenvalue weighted by molar-refractivity contribution is 0.837. The van der Waals surface area contributed by atoms with Crippen LogP contribution in [-0.2, 0) is 0 Å². The Morgan fingerprint density at radius 2 is 1.52 bits per heavy atom. The number of terminal acetylenes is 1. The normalized spacial score (nSPS) is 11.5. The maximum atomic E-state index is 5.67. The average molecular weight is 349 g/mol. The van der Waals surface area contributed by atoms with E-state index >= 15 is 0 Å². The van der Waals surface area contributed by atoms with Gasteiger partial charge in [0.15, 0.2) is 5.82 Å². The molecule has 0 spiro atoms. The number of benzene rings is 1. The third-order valence-electron chi connectivity index (χ3n) is 5.16. The van der Waals surface area contributed by atoms with E-state index in [0.29, 0.717) is 22.4 Å². The molecule has 2 nitrogen and oxygen atoms in total. The Morgan fingerprint density at radius 3 is 2.00 bits per heavy atom. The molecule has 0 atom stereocenters. The average Bonchev–Trinajstić information content (AvgIpc) is 2.98. The smallest absolute Gasteiger partial charge is 0.197 e. The fraction of sp³-hybridized carbons (Fsp3) is 0.409. The lowest BCUT2D eigenvalue weighted by Gasteiger charge is -2.37. The van der Waals surface area contributed by atoms with Crippen LogP contribution < -0.4 is 0 Å². The lowest BCUT2D eigenvalue weighted by Crippen LogP contribution is -2.43. The molecule has 1 heterocycles. The highest BCUT2D eigenvalue weighted by atomic mass is 28.3. The Hall–Kier alpha value is -2.23. The second-order valence-electron chi connectivity index (χ2n) is 7.46. The van der Waals surface area contributed by atoms with Crippen LogP contribution in [0.15, 0.2) is 36.5 Å². The van der Waals surface area contributed by atoms with Crippen molar-refractivity contribution in [1.82, 2.24) is 9.55 Å². The fourth-order valence-electron chi connectivity index (χ4n) is 3.91. The summed E-state index contributed by atoms with van der Waals surface area (Å²) in [6, 6.07) is 13.4. The summed E-state index contributed by atoms with van der Waals surface area (Å²) in [5.41, 5.74) is 7.40. The Kier molecular flexibility index (Phi) is 5.93. The molecule has 0 fully saturated rings. The fourth-order valence-corrected chi connectivity index (χ4v) is 9.09. The van der Waals surface area contributed by atoms with Gasteiger partial charge in [-0.1, -0.05) is 71.9 Å². The third-order valence-corrected chi connectivity index (χ3v) is 11.4. The molecular formula is C22H28N2Si. The lowest BCUT2D eigenvalue weighted by atomic mass is 10.2. The summed E-state index contributed by atoms with van der Waals surface area (Å²) in [5.74, 6) is 3.25. The van der Waals surface area contributed by atoms with Gasteiger partial charge in [0.05, 0.1) is 5.69 Å². The highest BCUT2D eigenvalue weighted by Gasteiger charge is 2.41. The molecule has 130 valence electrons. The minimum atomic E-state index is -1.79. The Morgan fingerprint density at radius 1 is 0.960 bits per heavy atom. The van der Waals surface area contributed by atoms with Gasteiger partial charge < -0.3 is 0 Å². The molecule has 1 aromatic heterocycles. The predicted octanol–water partition coefficient (Wildman–Crippen LogP) is 5.56. The summed E-state index contributed by atoms with van der Waals surface area (Å²) >= 11 is 0. The second kappa shape index (κ2) is 7.77. The SMILES string of the molecule is C#Cc1nc(-c2ccccc2)cn1C#C[Si](C(C)C)(C(C)C)C(C)C. The molecule has 0 amide bonds. The number of nitrogens with zero attached hydrogens (tertiary/aromatic N) is 2. The van der Waals surface area contributed by atoms with Crippen molar-refractivity contribution in [3.05, 3.63) is 42.4 Å². The van der Waals surface area contributed by atoms with Crippen LogP contribution in [0.4, 0.5) is 0 Å². The van der Waals surface area contributed by atoms with Crippen molar-refractivity contribution in [2.75, 3.05) is 0 Å². The molecule has 0 radical (unpaired) electrons. The summed E-state index contributed by atoms with van der Waals surface area (Å²) in [4.78, 5) is 4.57. The molecular weight excluding hydrogens is 320 g/mol. The topological polar surface area (TPSA) is 17.8 Å². The number of aromatic nitrogens is 2. The first-order valence-electron chi connectivity index (χ1n) is 8.97. The zero-order valence-electron chi connectivity index (χ0n) is 16.2. The summed E-state index contributed by atoms with van der Waals surface area (Å²) in [6.07, 6.45) is 7.63. The minimum Gasteiger partial charge on any atom is -0.251 e. The van der Waals surface area contributed by atoms with E-state index in [2.05, 4.69) is 64.0 Å². The van der Waals surface area contributed by atoms with Crippen LogP contribution in [0.1, 0.15) is 47.4 Å². The van der Waals surface area contributed by atoms with Gasteiger partial charge in [-0.2, -0.15) is 0 Å². The molecule has 0 aliphatic rings. The molecule has 0 saturated heterocycles. The Labute approximate surface area is 153 Å². The first kappa shape index (κ1) is 19.1. The van der Waals surface area contributed by atoms with Gasteiger partial charge in [-0.05, 0) is 22.5 Å². The van der Waals surface area contributed by atoms with Gasteiger partial charge in [-0.15, -0.1) is 12.0 Å². The molecule has 0 unspecified atom stereocenters. The molecule has 0 aliphatic heterocycles. The van der Waals surface area contributed by atoms with Crippen LogP contribution in [0.25, 0.3) is 11.3 Å². The Bertz CT molecular complexity index is 789. The third kappa shape index (κ3) is 3.73. The van der Waals surface area contributed by atoms with E-state index in [4.69, 9.17) is 6.42 Å². The number of hydrogen-bond donors (Lipinski definition) is 0. The Balaban J connectivity index is 2.52. The van der Waals surface area contributed by atoms with Crippen LogP contribution in [-0.4, -0.2) is 17.6 Å². The molecule has 0 bridgehead atoms. The molecule has 1 aromatic carbocycles. The molecule has 0 N–H and O–H groups in total. The van der Waals surface area contributed by atoms with Crippen molar-refractivity contribution >= 4 is 8.07 Å². The monoisotopic (exact) mass is 348 g/mol. The molecule has 2 aromatic rings. The van der Waals surface area contributed by atoms with Crippen molar-refractivity contribution in [3.63, 3.8) is 0 Å². The van der Waals surface area contributed by atoms with Crippen molar-refractivity contribution in [3.8, 4) is 35.2 Å². The molecule has 0 aliphatic carbocycles. The molecule has 3 heteroatoms. The molecule has 25 heavy (non-hydrogen) atoms. The van der Waals surface area contributed by atoms with E-state index in [1.807, 2.05) is 41.1 Å². The van der Waals surface area contributed by atoms with Gasteiger partial charge in [0.25, 0.3) is 0 Å². The van der Waals surface area contributed by atoms with Gasteiger partial charge >= 0.3 is 0 Å². The largest absolute Gasteiger partial charge is 0.251 e. The summed E-state index contributed by atoms with van der Waals surface area (Å²) < 4.78 is 1.83. The van der Waals surface area contributed by atoms with E-state index in [9.17, 15) is 0 Å². The maximum Gasteiger partial charge on any atom is 0.197 e. The van der Waals surface area contributed by atoms with Gasteiger partial charge in [-0.3, -0.25) is 4.57 Å². The van der Waals surface area contributed by atoms with E-state index in [1.165, 1.54) is 0 Å². The van der Waals surface area contributed by atoms with Crippen molar-refractivity contribution < 1.29 is 0 Å². The zero-order valence-corrected chi connectivity index (χ0v) is 17.2. The molecule has 0 saturated carbocycles. The van der Waals surface area contributed by atoms with Crippen LogP contribution in [0.5, 0.6) is 0 Å². The van der Waals surface area contributed by atoms with Crippen molar-refractivity contribution in [2.24, 2.45) is 0 Å². The number of imidazole rings is 1. The summed E-state index contributed by atoms with van der Waals surface area (Å²) in [6.45, 7) is 13.9. The predicted molar refractivity (Wildman–Crippen MR) is 110 cm³/mol. The van der Waals surface area contributed by atoms with E-state index in [1.54, 1.807) is 0 Å². The highest BCUT2D eigenvalue weighted by molar-refractivity contribution is 6.90. The van der Waals surface area contributed by atoms with Crippen molar-refractivity contribution in [2.45, 2.75) is 58.2 Å². The van der Waals surface area contributed by atoms with E-state index in [-0.39, 0.29) is 0 Å². The van der Waals surface area contributed by atoms with Crippen LogP contribution >= 0.6 is 0 Å². The van der Waals surface area contributed by atoms with Gasteiger partial charge in [0.1, 0.15) is 8.07 Å². The quantitative estimate of drug-likeness (QED) is 0.522. The minimum absolute atomic E-state index is 0.575. The summed E-state index contributed by atoms with van der Waals surface area (Å²) in [7, 11) is -1.79. The van der Waals surface area contributed by atoms with E-state index < -0.39 is 8.07 Å². The van der Waals surface area contributed by atoms with Gasteiger partial charge in [-0.25, -0.2) is 4.98 Å². The van der Waals surface area contributed by atoms with Crippen LogP contribution in [0.2, 0.25) is 16.6 Å².